The van der Waals surface area contributed by atoms with Crippen molar-refractivity contribution in [1.29, 1.82) is 0 Å². The molecule has 0 spiro atoms. The molecule has 2 aromatic rings. The molecule has 2 amide bonds. The van der Waals surface area contributed by atoms with Gasteiger partial charge in [-0.05, 0) is 47.4 Å². The molecule has 146 valence electrons. The summed E-state index contributed by atoms with van der Waals surface area (Å²) in [7, 11) is 0. The van der Waals surface area contributed by atoms with Gasteiger partial charge in [-0.15, -0.1) is 5.10 Å². The third kappa shape index (κ3) is 7.04. The van der Waals surface area contributed by atoms with Crippen molar-refractivity contribution in [3.8, 4) is 5.69 Å². The van der Waals surface area contributed by atoms with Gasteiger partial charge >= 0.3 is 6.09 Å². The lowest BCUT2D eigenvalue weighted by Gasteiger charge is -2.20. The van der Waals surface area contributed by atoms with E-state index in [1.807, 2.05) is 24.3 Å². The molecule has 1 atom stereocenters. The number of tetrazole rings is 1. The van der Waals surface area contributed by atoms with E-state index in [-0.39, 0.29) is 18.4 Å². The highest BCUT2D eigenvalue weighted by atomic mass is 16.5. The molecule has 1 heterocycles. The molecule has 1 aromatic carbocycles. The number of amides is 2. The van der Waals surface area contributed by atoms with Crippen molar-refractivity contribution >= 4 is 12.0 Å². The smallest absolute Gasteiger partial charge is 0.407 e. The van der Waals surface area contributed by atoms with Gasteiger partial charge in [-0.25, -0.2) is 9.48 Å². The molecule has 2 rings (SSSR count). The minimum Gasteiger partial charge on any atom is -0.450 e. The SMILES string of the molecule is CCOC(=O)NC(CNC(=O)Cc1ccc(-n2cnnn2)cc1)CC(C)C. The Labute approximate surface area is 158 Å². The van der Waals surface area contributed by atoms with Crippen molar-refractivity contribution in [3.05, 3.63) is 36.2 Å². The number of hydrogen-bond acceptors (Lipinski definition) is 6. The van der Waals surface area contributed by atoms with Crippen LogP contribution in [0.15, 0.2) is 30.6 Å². The van der Waals surface area contributed by atoms with Gasteiger partial charge in [-0.1, -0.05) is 26.0 Å². The van der Waals surface area contributed by atoms with Gasteiger partial charge in [-0.3, -0.25) is 4.79 Å². The fraction of sp³-hybridized carbons (Fsp3) is 0.500. The minimum atomic E-state index is -0.462. The van der Waals surface area contributed by atoms with Crippen molar-refractivity contribution in [2.24, 2.45) is 5.92 Å². The first-order valence-electron chi connectivity index (χ1n) is 9.00. The molecule has 0 aliphatic heterocycles. The zero-order valence-corrected chi connectivity index (χ0v) is 15.9. The Balaban J connectivity index is 1.84. The third-order valence-electron chi connectivity index (χ3n) is 3.81. The predicted octanol–water partition coefficient (Wildman–Crippen LogP) is 1.48. The summed E-state index contributed by atoms with van der Waals surface area (Å²) in [5.74, 6) is 0.275. The quantitative estimate of drug-likeness (QED) is 0.688. The van der Waals surface area contributed by atoms with Gasteiger partial charge in [0.15, 0.2) is 0 Å². The fourth-order valence-electron chi connectivity index (χ4n) is 2.63. The van der Waals surface area contributed by atoms with Crippen LogP contribution in [0.2, 0.25) is 0 Å². The molecule has 0 aliphatic carbocycles. The molecular weight excluding hydrogens is 348 g/mol. The van der Waals surface area contributed by atoms with Crippen LogP contribution in [0.1, 0.15) is 32.8 Å². The second-order valence-electron chi connectivity index (χ2n) is 6.59. The number of aromatic nitrogens is 4. The van der Waals surface area contributed by atoms with E-state index in [2.05, 4.69) is 40.0 Å². The van der Waals surface area contributed by atoms with Crippen LogP contribution in [0.4, 0.5) is 4.79 Å². The molecule has 2 N–H and O–H groups in total. The summed E-state index contributed by atoms with van der Waals surface area (Å²) in [4.78, 5) is 23.9. The topological polar surface area (TPSA) is 111 Å². The third-order valence-corrected chi connectivity index (χ3v) is 3.81. The second-order valence-corrected chi connectivity index (χ2v) is 6.59. The largest absolute Gasteiger partial charge is 0.450 e. The number of rotatable bonds is 9. The Hall–Kier alpha value is -2.97. The van der Waals surface area contributed by atoms with E-state index in [0.717, 1.165) is 17.7 Å². The summed E-state index contributed by atoms with van der Waals surface area (Å²) in [5.41, 5.74) is 1.70. The number of carbonyl (C=O) groups is 2. The maximum atomic E-state index is 12.2. The van der Waals surface area contributed by atoms with Gasteiger partial charge in [0.2, 0.25) is 5.91 Å². The Morgan fingerprint density at radius 3 is 2.56 bits per heavy atom. The molecule has 9 nitrogen and oxygen atoms in total. The van der Waals surface area contributed by atoms with E-state index in [1.165, 1.54) is 6.33 Å². The Bertz CT molecular complexity index is 715. The van der Waals surface area contributed by atoms with E-state index in [9.17, 15) is 9.59 Å². The summed E-state index contributed by atoms with van der Waals surface area (Å²) in [6.07, 6.45) is 2.05. The van der Waals surface area contributed by atoms with E-state index >= 15 is 0 Å². The van der Waals surface area contributed by atoms with E-state index in [0.29, 0.717) is 19.1 Å². The predicted molar refractivity (Wildman–Crippen MR) is 99.3 cm³/mol. The van der Waals surface area contributed by atoms with E-state index < -0.39 is 6.09 Å². The average molecular weight is 374 g/mol. The summed E-state index contributed by atoms with van der Waals surface area (Å²) in [6.45, 7) is 6.55. The number of carbonyl (C=O) groups excluding carboxylic acids is 2. The van der Waals surface area contributed by atoms with Crippen LogP contribution in [-0.2, 0) is 16.0 Å². The van der Waals surface area contributed by atoms with Gasteiger partial charge in [-0.2, -0.15) is 0 Å². The van der Waals surface area contributed by atoms with Crippen molar-refractivity contribution in [2.45, 2.75) is 39.7 Å². The van der Waals surface area contributed by atoms with E-state index in [4.69, 9.17) is 4.74 Å². The first-order chi connectivity index (χ1) is 13.0. The summed E-state index contributed by atoms with van der Waals surface area (Å²) in [5, 5.41) is 16.7. The van der Waals surface area contributed by atoms with Gasteiger partial charge in [0.25, 0.3) is 0 Å². The molecule has 27 heavy (non-hydrogen) atoms. The van der Waals surface area contributed by atoms with Crippen molar-refractivity contribution in [2.75, 3.05) is 13.2 Å². The molecule has 0 saturated carbocycles. The maximum absolute atomic E-state index is 12.2. The van der Waals surface area contributed by atoms with Crippen molar-refractivity contribution in [3.63, 3.8) is 0 Å². The number of alkyl carbamates (subject to hydrolysis) is 1. The molecule has 0 fully saturated rings. The lowest BCUT2D eigenvalue weighted by molar-refractivity contribution is -0.120. The van der Waals surface area contributed by atoms with Gasteiger partial charge in [0.1, 0.15) is 6.33 Å². The van der Waals surface area contributed by atoms with Crippen LogP contribution >= 0.6 is 0 Å². The number of nitrogens with one attached hydrogen (secondary N) is 2. The Kier molecular flexibility index (Phi) is 7.72. The standard InChI is InChI=1S/C18H26N6O3/c1-4-27-18(26)21-15(9-13(2)3)11-19-17(25)10-14-5-7-16(8-6-14)24-12-20-22-23-24/h5-8,12-13,15H,4,9-11H2,1-3H3,(H,19,25)(H,21,26). The highest BCUT2D eigenvalue weighted by molar-refractivity contribution is 5.78. The summed E-state index contributed by atoms with van der Waals surface area (Å²) >= 11 is 0. The number of nitrogens with zero attached hydrogens (tertiary/aromatic N) is 4. The number of hydrogen-bond donors (Lipinski definition) is 2. The first-order valence-corrected chi connectivity index (χ1v) is 9.00. The van der Waals surface area contributed by atoms with Crippen molar-refractivity contribution in [1.82, 2.24) is 30.8 Å². The lowest BCUT2D eigenvalue weighted by atomic mass is 10.0. The molecule has 0 bridgehead atoms. The lowest BCUT2D eigenvalue weighted by Crippen LogP contribution is -2.44. The van der Waals surface area contributed by atoms with Gasteiger partial charge in [0, 0.05) is 12.6 Å². The molecule has 0 radical (unpaired) electrons. The van der Waals surface area contributed by atoms with Crippen molar-refractivity contribution < 1.29 is 14.3 Å². The first kappa shape index (κ1) is 20.3. The molecule has 0 aliphatic rings. The van der Waals surface area contributed by atoms with Crippen LogP contribution in [0.25, 0.3) is 5.69 Å². The van der Waals surface area contributed by atoms with E-state index in [1.54, 1.807) is 11.6 Å². The highest BCUT2D eigenvalue weighted by Gasteiger charge is 2.16. The second kappa shape index (κ2) is 10.2. The summed E-state index contributed by atoms with van der Waals surface area (Å²) < 4.78 is 6.46. The normalized spacial score (nSPS) is 11.9. The zero-order valence-electron chi connectivity index (χ0n) is 15.9. The molecule has 1 aromatic heterocycles. The fourth-order valence-corrected chi connectivity index (χ4v) is 2.63. The van der Waals surface area contributed by atoms with Crippen LogP contribution in [0.5, 0.6) is 0 Å². The monoisotopic (exact) mass is 374 g/mol. The summed E-state index contributed by atoms with van der Waals surface area (Å²) in [6, 6.07) is 7.25. The Morgan fingerprint density at radius 2 is 1.96 bits per heavy atom. The van der Waals surface area contributed by atoms with Crippen LogP contribution in [-0.4, -0.2) is 51.4 Å². The number of ether oxygens (including phenoxy) is 1. The zero-order chi connectivity index (χ0) is 19.6. The number of benzene rings is 1. The highest BCUT2D eigenvalue weighted by Crippen LogP contribution is 2.09. The minimum absolute atomic E-state index is 0.107. The average Bonchev–Trinajstić information content (AvgIpc) is 3.15. The van der Waals surface area contributed by atoms with Gasteiger partial charge < -0.3 is 15.4 Å². The Morgan fingerprint density at radius 1 is 1.22 bits per heavy atom. The maximum Gasteiger partial charge on any atom is 0.407 e. The van der Waals surface area contributed by atoms with Crippen LogP contribution in [0, 0.1) is 5.92 Å². The molecule has 1 unspecified atom stereocenters. The molecule has 9 heteroatoms. The van der Waals surface area contributed by atoms with Gasteiger partial charge in [0.05, 0.1) is 18.7 Å². The molecule has 0 saturated heterocycles. The van der Waals surface area contributed by atoms with Crippen LogP contribution < -0.4 is 10.6 Å². The van der Waals surface area contributed by atoms with Crippen LogP contribution in [0.3, 0.4) is 0 Å². The molecular formula is C18H26N6O3.